The minimum absolute atomic E-state index is 0.252. The Balaban J connectivity index is 1.66. The van der Waals surface area contributed by atoms with Crippen LogP contribution in [0.3, 0.4) is 0 Å². The molecule has 6 heteroatoms. The van der Waals surface area contributed by atoms with Gasteiger partial charge in [0.2, 0.25) is 0 Å². The van der Waals surface area contributed by atoms with Gasteiger partial charge in [-0.05, 0) is 66.9 Å². The molecule has 0 aliphatic carbocycles. The van der Waals surface area contributed by atoms with Crippen molar-refractivity contribution in [3.8, 4) is 16.9 Å². The average molecular weight is 652 g/mol. The summed E-state index contributed by atoms with van der Waals surface area (Å²) in [6.45, 7) is 1.97. The van der Waals surface area contributed by atoms with Gasteiger partial charge in [-0.25, -0.2) is 12.4 Å². The fraction of sp³-hybridized carbons (Fsp3) is 0.0732. The zero-order valence-corrected chi connectivity index (χ0v) is 27.9. The minimum Gasteiger partial charge on any atom is -0.497 e. The van der Waals surface area contributed by atoms with Crippen LogP contribution in [0.25, 0.3) is 22.0 Å². The summed E-state index contributed by atoms with van der Waals surface area (Å²) in [6.07, 6.45) is 0. The topological polar surface area (TPSA) is 48.3 Å². The maximum atomic E-state index is 15.1. The quantitative estimate of drug-likeness (QED) is 0.146. The van der Waals surface area contributed by atoms with E-state index < -0.39 is 17.9 Å². The van der Waals surface area contributed by atoms with Crippen LogP contribution in [-0.4, -0.2) is 19.5 Å². The summed E-state index contributed by atoms with van der Waals surface area (Å²) in [5.41, 5.74) is 4.91. The highest BCUT2D eigenvalue weighted by Crippen LogP contribution is 2.57. The van der Waals surface area contributed by atoms with Gasteiger partial charge in [-0.2, -0.15) is 0 Å². The fourth-order valence-electron chi connectivity index (χ4n) is 6.30. The van der Waals surface area contributed by atoms with Gasteiger partial charge in [-0.1, -0.05) is 139 Å². The summed E-state index contributed by atoms with van der Waals surface area (Å²) in [7, 11) is -3.58. The molecule has 1 unspecified atom stereocenters. The number of fused-ring (bicyclic) bond motifs is 1. The van der Waals surface area contributed by atoms with E-state index in [4.69, 9.17) is 4.74 Å². The summed E-state index contributed by atoms with van der Waals surface area (Å²) >= 11 is 0. The van der Waals surface area contributed by atoms with Gasteiger partial charge in [0.15, 0.2) is 0 Å². The SMILES string of the molecule is COc1ccc(-c2c(C(c3ccccc3)P(c3ccccc3)c3ccccc3)n(S(=O)(=O)c3ccc(C)cc3)c3ccccc23)cc1. The molecule has 0 aliphatic heterocycles. The van der Waals surface area contributed by atoms with Crippen molar-refractivity contribution in [3.63, 3.8) is 0 Å². The molecule has 0 spiro atoms. The summed E-state index contributed by atoms with van der Waals surface area (Å²) in [5, 5.41) is 3.20. The van der Waals surface area contributed by atoms with E-state index in [0.29, 0.717) is 5.52 Å². The lowest BCUT2D eigenvalue weighted by molar-refractivity contribution is 0.415. The van der Waals surface area contributed by atoms with Crippen LogP contribution >= 0.6 is 7.92 Å². The summed E-state index contributed by atoms with van der Waals surface area (Å²) in [4.78, 5) is 0.252. The molecule has 0 amide bonds. The van der Waals surface area contributed by atoms with Crippen LogP contribution in [0, 0.1) is 6.92 Å². The standard InChI is InChI=1S/C41H34NO3PS/c1-30-22-28-36(29-23-30)47(43,44)42-38-21-13-12-20-37(38)39(31-24-26-33(45-2)27-25-31)40(42)41(32-14-6-3-7-15-32)46(34-16-8-4-9-17-34)35-18-10-5-11-19-35/h3-29,41H,1-2H3. The number of hydrogen-bond acceptors (Lipinski definition) is 3. The van der Waals surface area contributed by atoms with E-state index in [1.54, 1.807) is 23.2 Å². The second kappa shape index (κ2) is 13.0. The predicted octanol–water partition coefficient (Wildman–Crippen LogP) is 9.08. The Kier molecular flexibility index (Phi) is 8.51. The van der Waals surface area contributed by atoms with Gasteiger partial charge in [-0.15, -0.1) is 0 Å². The van der Waals surface area contributed by atoms with Crippen molar-refractivity contribution >= 4 is 39.5 Å². The third kappa shape index (κ3) is 5.78. The highest BCUT2D eigenvalue weighted by Gasteiger charge is 2.37. The first kappa shape index (κ1) is 30.7. The summed E-state index contributed by atoms with van der Waals surface area (Å²) in [6, 6.07) is 54.3. The fourth-order valence-corrected chi connectivity index (χ4v) is 10.8. The summed E-state index contributed by atoms with van der Waals surface area (Å²) in [5.74, 6) is 0.738. The number of aromatic nitrogens is 1. The van der Waals surface area contributed by atoms with E-state index in [0.717, 1.165) is 49.7 Å². The maximum Gasteiger partial charge on any atom is 0.268 e. The number of nitrogens with zero attached hydrogens (tertiary/aromatic N) is 1. The Morgan fingerprint density at radius 2 is 1.15 bits per heavy atom. The number of para-hydroxylation sites is 1. The van der Waals surface area contributed by atoms with Crippen molar-refractivity contribution in [1.29, 1.82) is 0 Å². The van der Waals surface area contributed by atoms with Crippen molar-refractivity contribution in [2.75, 3.05) is 7.11 Å². The number of ether oxygens (including phenoxy) is 1. The Labute approximate surface area is 277 Å². The highest BCUT2D eigenvalue weighted by molar-refractivity contribution is 7.90. The Hall–Kier alpha value is -4.96. The number of hydrogen-bond donors (Lipinski definition) is 0. The molecule has 6 aromatic carbocycles. The lowest BCUT2D eigenvalue weighted by atomic mass is 9.98. The zero-order chi connectivity index (χ0) is 32.4. The van der Waals surface area contributed by atoms with Crippen molar-refractivity contribution in [3.05, 3.63) is 181 Å². The molecule has 4 nitrogen and oxygen atoms in total. The second-order valence-corrected chi connectivity index (χ2v) is 15.5. The van der Waals surface area contributed by atoms with Crippen LogP contribution in [0.4, 0.5) is 0 Å². The van der Waals surface area contributed by atoms with Gasteiger partial charge in [0, 0.05) is 10.9 Å². The van der Waals surface area contributed by atoms with E-state index in [1.807, 2.05) is 97.9 Å². The molecule has 47 heavy (non-hydrogen) atoms. The molecule has 0 radical (unpaired) electrons. The first-order valence-corrected chi connectivity index (χ1v) is 18.4. The van der Waals surface area contributed by atoms with Gasteiger partial charge < -0.3 is 4.74 Å². The summed E-state index contributed by atoms with van der Waals surface area (Å²) < 4.78 is 37.4. The average Bonchev–Trinajstić information content (AvgIpc) is 3.47. The van der Waals surface area contributed by atoms with Gasteiger partial charge in [0.05, 0.1) is 28.9 Å². The molecular weight excluding hydrogens is 617 g/mol. The lowest BCUT2D eigenvalue weighted by Gasteiger charge is -2.31. The van der Waals surface area contributed by atoms with E-state index in [2.05, 4.69) is 60.7 Å². The van der Waals surface area contributed by atoms with Gasteiger partial charge >= 0.3 is 0 Å². The number of aryl methyl sites for hydroxylation is 1. The molecule has 1 heterocycles. The van der Waals surface area contributed by atoms with E-state index >= 15 is 8.42 Å². The maximum absolute atomic E-state index is 15.1. The molecule has 232 valence electrons. The molecule has 1 aromatic heterocycles. The van der Waals surface area contributed by atoms with Gasteiger partial charge in [-0.3, -0.25) is 0 Å². The van der Waals surface area contributed by atoms with Crippen molar-refractivity contribution < 1.29 is 13.2 Å². The Morgan fingerprint density at radius 1 is 0.617 bits per heavy atom. The molecule has 1 atom stereocenters. The van der Waals surface area contributed by atoms with Crippen LogP contribution in [0.1, 0.15) is 22.5 Å². The number of rotatable bonds is 9. The highest BCUT2D eigenvalue weighted by atomic mass is 32.2. The first-order valence-electron chi connectivity index (χ1n) is 15.5. The van der Waals surface area contributed by atoms with E-state index in [9.17, 15) is 0 Å². The largest absolute Gasteiger partial charge is 0.497 e. The third-order valence-electron chi connectivity index (χ3n) is 8.51. The molecular formula is C41H34NO3PS. The smallest absolute Gasteiger partial charge is 0.268 e. The normalized spacial score (nSPS) is 12.3. The van der Waals surface area contributed by atoms with Crippen LogP contribution in [-0.2, 0) is 10.0 Å². The van der Waals surface area contributed by atoms with Crippen LogP contribution in [0.2, 0.25) is 0 Å². The van der Waals surface area contributed by atoms with E-state index in [-0.39, 0.29) is 10.6 Å². The van der Waals surface area contributed by atoms with Crippen molar-refractivity contribution in [2.45, 2.75) is 17.5 Å². The second-order valence-electron chi connectivity index (χ2n) is 11.4. The molecule has 7 rings (SSSR count). The molecule has 7 aromatic rings. The zero-order valence-electron chi connectivity index (χ0n) is 26.2. The first-order chi connectivity index (χ1) is 23.0. The third-order valence-corrected chi connectivity index (χ3v) is 13.0. The predicted molar refractivity (Wildman–Crippen MR) is 195 cm³/mol. The minimum atomic E-state index is -4.06. The molecule has 0 fully saturated rings. The monoisotopic (exact) mass is 651 g/mol. The number of methoxy groups -OCH3 is 1. The van der Waals surface area contributed by atoms with Gasteiger partial charge in [0.1, 0.15) is 5.75 Å². The lowest BCUT2D eigenvalue weighted by Crippen LogP contribution is -2.23. The number of benzene rings is 6. The molecule has 0 N–H and O–H groups in total. The van der Waals surface area contributed by atoms with Crippen LogP contribution in [0.15, 0.2) is 169 Å². The molecule has 0 saturated heterocycles. The van der Waals surface area contributed by atoms with Gasteiger partial charge in [0.25, 0.3) is 10.0 Å². The molecule has 0 aliphatic rings. The van der Waals surface area contributed by atoms with Crippen molar-refractivity contribution in [1.82, 2.24) is 3.97 Å². The van der Waals surface area contributed by atoms with Crippen LogP contribution in [0.5, 0.6) is 5.75 Å². The van der Waals surface area contributed by atoms with E-state index in [1.165, 1.54) is 0 Å². The Morgan fingerprint density at radius 3 is 1.72 bits per heavy atom. The van der Waals surface area contributed by atoms with Crippen LogP contribution < -0.4 is 15.3 Å². The molecule has 0 bridgehead atoms. The van der Waals surface area contributed by atoms with Crippen molar-refractivity contribution in [2.24, 2.45) is 0 Å². The molecule has 0 saturated carbocycles. The Bertz CT molecular complexity index is 2190.